The van der Waals surface area contributed by atoms with E-state index in [-0.39, 0.29) is 11.9 Å². The van der Waals surface area contributed by atoms with Crippen LogP contribution in [0.5, 0.6) is 0 Å². The van der Waals surface area contributed by atoms with E-state index in [1.807, 2.05) is 25.1 Å². The minimum atomic E-state index is 0.0343. The molecule has 4 nitrogen and oxygen atoms in total. The summed E-state index contributed by atoms with van der Waals surface area (Å²) in [5.41, 5.74) is 2.85. The Morgan fingerprint density at radius 2 is 2.09 bits per heavy atom. The molecule has 1 aromatic carbocycles. The van der Waals surface area contributed by atoms with Gasteiger partial charge in [-0.15, -0.1) is 0 Å². The first-order valence-electron chi connectivity index (χ1n) is 8.36. The Bertz CT molecular complexity index is 507. The molecule has 1 aliphatic rings. The van der Waals surface area contributed by atoms with Gasteiger partial charge in [-0.3, -0.25) is 4.79 Å². The SMILES string of the molecule is Cc1c(NC(C)C(C)C)cccc1C(=O)NC1CCCNC1. The fraction of sp³-hybridized carbons (Fsp3) is 0.611. The summed E-state index contributed by atoms with van der Waals surface area (Å²) in [6.07, 6.45) is 2.18. The van der Waals surface area contributed by atoms with Crippen molar-refractivity contribution in [2.45, 2.75) is 52.6 Å². The molecule has 2 rings (SSSR count). The average Bonchev–Trinajstić information content (AvgIpc) is 2.50. The summed E-state index contributed by atoms with van der Waals surface area (Å²) >= 11 is 0. The van der Waals surface area contributed by atoms with E-state index in [4.69, 9.17) is 0 Å². The van der Waals surface area contributed by atoms with Crippen LogP contribution in [0.25, 0.3) is 0 Å². The van der Waals surface area contributed by atoms with Crippen LogP contribution >= 0.6 is 0 Å². The summed E-state index contributed by atoms with van der Waals surface area (Å²) in [6.45, 7) is 10.5. The maximum Gasteiger partial charge on any atom is 0.251 e. The highest BCUT2D eigenvalue weighted by Crippen LogP contribution is 2.21. The number of rotatable bonds is 5. The summed E-state index contributed by atoms with van der Waals surface area (Å²) in [7, 11) is 0. The molecule has 2 unspecified atom stereocenters. The van der Waals surface area contributed by atoms with Gasteiger partial charge in [0.05, 0.1) is 0 Å². The molecule has 122 valence electrons. The van der Waals surface area contributed by atoms with Gasteiger partial charge in [-0.1, -0.05) is 19.9 Å². The molecule has 4 heteroatoms. The maximum atomic E-state index is 12.5. The zero-order valence-corrected chi connectivity index (χ0v) is 14.2. The minimum absolute atomic E-state index is 0.0343. The normalized spacial score (nSPS) is 19.8. The maximum absolute atomic E-state index is 12.5. The van der Waals surface area contributed by atoms with Crippen molar-refractivity contribution < 1.29 is 4.79 Å². The van der Waals surface area contributed by atoms with Crippen LogP contribution in [-0.2, 0) is 0 Å². The fourth-order valence-electron chi connectivity index (χ4n) is 2.69. The molecule has 1 fully saturated rings. The Morgan fingerprint density at radius 1 is 1.32 bits per heavy atom. The molecule has 0 radical (unpaired) electrons. The Balaban J connectivity index is 2.08. The molecule has 0 aromatic heterocycles. The lowest BCUT2D eigenvalue weighted by atomic mass is 10.0. The average molecular weight is 303 g/mol. The van der Waals surface area contributed by atoms with Gasteiger partial charge in [0.25, 0.3) is 5.91 Å². The van der Waals surface area contributed by atoms with E-state index in [1.54, 1.807) is 0 Å². The van der Waals surface area contributed by atoms with Gasteiger partial charge in [0.15, 0.2) is 0 Å². The molecule has 0 spiro atoms. The third-order valence-electron chi connectivity index (χ3n) is 4.59. The molecule has 0 aliphatic carbocycles. The number of carbonyl (C=O) groups is 1. The van der Waals surface area contributed by atoms with Crippen LogP contribution in [-0.4, -0.2) is 31.1 Å². The molecular formula is C18H29N3O. The van der Waals surface area contributed by atoms with Crippen molar-refractivity contribution in [2.75, 3.05) is 18.4 Å². The number of piperidine rings is 1. The number of amides is 1. The monoisotopic (exact) mass is 303 g/mol. The van der Waals surface area contributed by atoms with Crippen LogP contribution in [0.15, 0.2) is 18.2 Å². The smallest absolute Gasteiger partial charge is 0.251 e. The fourth-order valence-corrected chi connectivity index (χ4v) is 2.69. The second-order valence-electron chi connectivity index (χ2n) is 6.67. The first-order valence-corrected chi connectivity index (χ1v) is 8.36. The van der Waals surface area contributed by atoms with Crippen molar-refractivity contribution >= 4 is 11.6 Å². The molecule has 1 aromatic rings. The van der Waals surface area contributed by atoms with Gasteiger partial charge in [0, 0.05) is 29.9 Å². The summed E-state index contributed by atoms with van der Waals surface area (Å²) in [5.74, 6) is 0.581. The molecular weight excluding hydrogens is 274 g/mol. The van der Waals surface area contributed by atoms with Crippen LogP contribution in [0.3, 0.4) is 0 Å². The zero-order valence-electron chi connectivity index (χ0n) is 14.2. The number of nitrogens with one attached hydrogen (secondary N) is 3. The number of carbonyl (C=O) groups excluding carboxylic acids is 1. The number of anilines is 1. The van der Waals surface area contributed by atoms with Crippen LogP contribution in [0, 0.1) is 12.8 Å². The lowest BCUT2D eigenvalue weighted by Gasteiger charge is -2.25. The van der Waals surface area contributed by atoms with E-state index < -0.39 is 0 Å². The summed E-state index contributed by atoms with van der Waals surface area (Å²) in [5, 5.41) is 10.00. The molecule has 0 saturated carbocycles. The molecule has 0 bridgehead atoms. The Labute approximate surface area is 134 Å². The summed E-state index contributed by atoms with van der Waals surface area (Å²) in [4.78, 5) is 12.5. The van der Waals surface area contributed by atoms with Crippen molar-refractivity contribution in [2.24, 2.45) is 5.92 Å². The van der Waals surface area contributed by atoms with Crippen LogP contribution in [0.1, 0.15) is 49.5 Å². The van der Waals surface area contributed by atoms with Crippen molar-refractivity contribution in [3.8, 4) is 0 Å². The molecule has 2 atom stereocenters. The highest BCUT2D eigenvalue weighted by Gasteiger charge is 2.19. The largest absolute Gasteiger partial charge is 0.382 e. The predicted octanol–water partition coefficient (Wildman–Crippen LogP) is 2.93. The Hall–Kier alpha value is -1.55. The molecule has 22 heavy (non-hydrogen) atoms. The summed E-state index contributed by atoms with van der Waals surface area (Å²) < 4.78 is 0. The zero-order chi connectivity index (χ0) is 16.1. The molecule has 1 aliphatic heterocycles. The Morgan fingerprint density at radius 3 is 2.73 bits per heavy atom. The first-order chi connectivity index (χ1) is 10.5. The van der Waals surface area contributed by atoms with Crippen molar-refractivity contribution in [3.63, 3.8) is 0 Å². The quantitative estimate of drug-likeness (QED) is 0.784. The van der Waals surface area contributed by atoms with Gasteiger partial charge < -0.3 is 16.0 Å². The van der Waals surface area contributed by atoms with Crippen molar-refractivity contribution in [3.05, 3.63) is 29.3 Å². The van der Waals surface area contributed by atoms with Gasteiger partial charge in [-0.05, 0) is 56.8 Å². The summed E-state index contributed by atoms with van der Waals surface area (Å²) in [6, 6.07) is 6.53. The van der Waals surface area contributed by atoms with Gasteiger partial charge in [0.1, 0.15) is 0 Å². The van der Waals surface area contributed by atoms with Crippen LogP contribution < -0.4 is 16.0 Å². The highest BCUT2D eigenvalue weighted by atomic mass is 16.1. The van der Waals surface area contributed by atoms with E-state index in [0.717, 1.165) is 42.7 Å². The first kappa shape index (κ1) is 16.8. The standard InChI is InChI=1S/C18H29N3O/c1-12(2)14(4)20-17-9-5-8-16(13(17)3)18(22)21-15-7-6-10-19-11-15/h5,8-9,12,14-15,19-20H,6-7,10-11H2,1-4H3,(H,21,22). The van der Waals surface area contributed by atoms with E-state index in [9.17, 15) is 4.79 Å². The minimum Gasteiger partial charge on any atom is -0.382 e. The van der Waals surface area contributed by atoms with E-state index in [1.165, 1.54) is 0 Å². The van der Waals surface area contributed by atoms with Gasteiger partial charge in [0.2, 0.25) is 0 Å². The molecule has 1 saturated heterocycles. The third-order valence-corrected chi connectivity index (χ3v) is 4.59. The molecule has 1 amide bonds. The van der Waals surface area contributed by atoms with Crippen molar-refractivity contribution in [1.29, 1.82) is 0 Å². The lowest BCUT2D eigenvalue weighted by molar-refractivity contribution is 0.0930. The topological polar surface area (TPSA) is 53.2 Å². The molecule has 1 heterocycles. The van der Waals surface area contributed by atoms with E-state index in [2.05, 4.69) is 36.7 Å². The number of hydrogen-bond acceptors (Lipinski definition) is 3. The van der Waals surface area contributed by atoms with Crippen LogP contribution in [0.2, 0.25) is 0 Å². The highest BCUT2D eigenvalue weighted by molar-refractivity contribution is 5.97. The second kappa shape index (κ2) is 7.63. The molecule has 3 N–H and O–H groups in total. The third kappa shape index (κ3) is 4.23. The van der Waals surface area contributed by atoms with E-state index >= 15 is 0 Å². The number of hydrogen-bond donors (Lipinski definition) is 3. The van der Waals surface area contributed by atoms with Gasteiger partial charge >= 0.3 is 0 Å². The second-order valence-corrected chi connectivity index (χ2v) is 6.67. The predicted molar refractivity (Wildman–Crippen MR) is 92.5 cm³/mol. The number of benzene rings is 1. The van der Waals surface area contributed by atoms with Crippen LogP contribution in [0.4, 0.5) is 5.69 Å². The Kier molecular flexibility index (Phi) is 5.83. The van der Waals surface area contributed by atoms with Gasteiger partial charge in [-0.25, -0.2) is 0 Å². The lowest BCUT2D eigenvalue weighted by Crippen LogP contribution is -2.45. The van der Waals surface area contributed by atoms with Crippen molar-refractivity contribution in [1.82, 2.24) is 10.6 Å². The van der Waals surface area contributed by atoms with Gasteiger partial charge in [-0.2, -0.15) is 0 Å². The van der Waals surface area contributed by atoms with E-state index in [0.29, 0.717) is 12.0 Å².